The minimum atomic E-state index is 0.0876. The number of hydrogen-bond acceptors (Lipinski definition) is 2. The lowest BCUT2D eigenvalue weighted by Gasteiger charge is -2.36. The smallest absolute Gasteiger partial charge is 0.157 e. The van der Waals surface area contributed by atoms with Gasteiger partial charge in [0.1, 0.15) is 0 Å². The van der Waals surface area contributed by atoms with Gasteiger partial charge in [-0.15, -0.1) is 0 Å². The fraction of sp³-hybridized carbons (Fsp3) is 0.867. The lowest BCUT2D eigenvalue weighted by molar-refractivity contribution is -0.175. The minimum absolute atomic E-state index is 0.0876. The van der Waals surface area contributed by atoms with Gasteiger partial charge in [-0.05, 0) is 50.4 Å². The van der Waals surface area contributed by atoms with Gasteiger partial charge in [-0.2, -0.15) is 0 Å². The van der Waals surface area contributed by atoms with E-state index in [-0.39, 0.29) is 6.29 Å². The van der Waals surface area contributed by atoms with Crippen molar-refractivity contribution >= 4 is 0 Å². The van der Waals surface area contributed by atoms with Crippen molar-refractivity contribution in [2.45, 2.75) is 58.2 Å². The molecule has 0 bridgehead atoms. The maximum atomic E-state index is 5.87. The monoisotopic (exact) mass is 238 g/mol. The first-order chi connectivity index (χ1) is 8.40. The Morgan fingerprint density at radius 2 is 2.18 bits per heavy atom. The maximum Gasteiger partial charge on any atom is 0.157 e. The molecule has 2 nitrogen and oxygen atoms in total. The molecule has 0 aromatic heterocycles. The molecule has 0 N–H and O–H groups in total. The van der Waals surface area contributed by atoms with E-state index in [4.69, 9.17) is 9.47 Å². The molecule has 1 aliphatic heterocycles. The lowest BCUT2D eigenvalue weighted by atomic mass is 9.74. The zero-order chi connectivity index (χ0) is 11.9. The quantitative estimate of drug-likeness (QED) is 0.653. The topological polar surface area (TPSA) is 18.5 Å². The van der Waals surface area contributed by atoms with Crippen molar-refractivity contribution in [3.63, 3.8) is 0 Å². The van der Waals surface area contributed by atoms with Crippen LogP contribution in [0.15, 0.2) is 12.2 Å². The first-order valence-electron chi connectivity index (χ1n) is 7.30. The lowest BCUT2D eigenvalue weighted by Crippen LogP contribution is -2.32. The van der Waals surface area contributed by atoms with E-state index in [0.29, 0.717) is 0 Å². The molecule has 98 valence electrons. The van der Waals surface area contributed by atoms with E-state index in [0.717, 1.165) is 31.5 Å². The molecular weight excluding hydrogens is 212 g/mol. The Bertz CT molecular complexity index is 231. The van der Waals surface area contributed by atoms with Gasteiger partial charge in [-0.3, -0.25) is 0 Å². The molecule has 1 saturated carbocycles. The summed E-state index contributed by atoms with van der Waals surface area (Å²) in [5.74, 6) is 1.51. The van der Waals surface area contributed by atoms with E-state index in [1.807, 2.05) is 0 Å². The highest BCUT2D eigenvalue weighted by Gasteiger charge is 2.29. The maximum absolute atomic E-state index is 5.87. The van der Waals surface area contributed by atoms with Gasteiger partial charge in [0.2, 0.25) is 0 Å². The van der Waals surface area contributed by atoms with Gasteiger partial charge in [0.05, 0.1) is 6.61 Å². The van der Waals surface area contributed by atoms with Gasteiger partial charge in [0.25, 0.3) is 0 Å². The molecular formula is C15H26O2. The SMILES string of the molecule is CCC/C=C/[C@H]1CC[C@@H]1COC1CCCCO1. The molecule has 1 aliphatic carbocycles. The van der Waals surface area contributed by atoms with E-state index in [9.17, 15) is 0 Å². The number of rotatable bonds is 6. The standard InChI is InChI=1S/C15H26O2/c1-2-3-4-7-13-9-10-14(13)12-17-15-8-5-6-11-16-15/h4,7,13-15H,2-3,5-6,8-12H2,1H3/b7-4+/t13-,14+,15?/m0/s1. The van der Waals surface area contributed by atoms with Crippen LogP contribution >= 0.6 is 0 Å². The van der Waals surface area contributed by atoms with Crippen molar-refractivity contribution in [1.82, 2.24) is 0 Å². The summed E-state index contributed by atoms with van der Waals surface area (Å²) in [7, 11) is 0. The van der Waals surface area contributed by atoms with Crippen LogP contribution in [-0.4, -0.2) is 19.5 Å². The second-order valence-electron chi connectivity index (χ2n) is 5.35. The summed E-state index contributed by atoms with van der Waals surface area (Å²) in [5, 5.41) is 0. The zero-order valence-corrected chi connectivity index (χ0v) is 11.1. The Balaban J connectivity index is 1.62. The number of ether oxygens (including phenoxy) is 2. The second kappa shape index (κ2) is 7.17. The van der Waals surface area contributed by atoms with Gasteiger partial charge >= 0.3 is 0 Å². The van der Waals surface area contributed by atoms with Gasteiger partial charge < -0.3 is 9.47 Å². The van der Waals surface area contributed by atoms with Crippen molar-refractivity contribution in [2.24, 2.45) is 11.8 Å². The largest absolute Gasteiger partial charge is 0.353 e. The van der Waals surface area contributed by atoms with E-state index >= 15 is 0 Å². The molecule has 1 heterocycles. The fourth-order valence-electron chi connectivity index (χ4n) is 2.57. The summed E-state index contributed by atoms with van der Waals surface area (Å²) in [6.07, 6.45) is 13.5. The van der Waals surface area contributed by atoms with Crippen LogP contribution in [0.5, 0.6) is 0 Å². The predicted octanol–water partition coefficient (Wildman–Crippen LogP) is 3.91. The molecule has 0 spiro atoms. The summed E-state index contributed by atoms with van der Waals surface area (Å²) >= 11 is 0. The molecule has 2 fully saturated rings. The van der Waals surface area contributed by atoms with Crippen LogP contribution in [0.2, 0.25) is 0 Å². The number of allylic oxidation sites excluding steroid dienone is 2. The van der Waals surface area contributed by atoms with E-state index < -0.39 is 0 Å². The third kappa shape index (κ3) is 4.11. The van der Waals surface area contributed by atoms with Crippen molar-refractivity contribution in [2.75, 3.05) is 13.2 Å². The van der Waals surface area contributed by atoms with Gasteiger partial charge in [-0.1, -0.05) is 25.5 Å². The highest BCUT2D eigenvalue weighted by Crippen LogP contribution is 2.36. The average molecular weight is 238 g/mol. The van der Waals surface area contributed by atoms with Crippen molar-refractivity contribution < 1.29 is 9.47 Å². The van der Waals surface area contributed by atoms with Crippen LogP contribution in [-0.2, 0) is 9.47 Å². The van der Waals surface area contributed by atoms with Crippen LogP contribution in [0, 0.1) is 11.8 Å². The molecule has 1 unspecified atom stereocenters. The van der Waals surface area contributed by atoms with Crippen LogP contribution in [0.4, 0.5) is 0 Å². The third-order valence-electron chi connectivity index (χ3n) is 3.95. The summed E-state index contributed by atoms with van der Waals surface area (Å²) in [6, 6.07) is 0. The first-order valence-corrected chi connectivity index (χ1v) is 7.30. The molecule has 0 aromatic rings. The summed E-state index contributed by atoms with van der Waals surface area (Å²) in [6.45, 7) is 4.01. The Kier molecular flexibility index (Phi) is 5.53. The summed E-state index contributed by atoms with van der Waals surface area (Å²) in [4.78, 5) is 0. The summed E-state index contributed by atoms with van der Waals surface area (Å²) in [5.41, 5.74) is 0. The zero-order valence-electron chi connectivity index (χ0n) is 11.1. The fourth-order valence-corrected chi connectivity index (χ4v) is 2.57. The minimum Gasteiger partial charge on any atom is -0.353 e. The second-order valence-corrected chi connectivity index (χ2v) is 5.35. The van der Waals surface area contributed by atoms with Gasteiger partial charge in [0, 0.05) is 6.61 Å². The Labute approximate surface area is 105 Å². The number of unbranched alkanes of at least 4 members (excludes halogenated alkanes) is 1. The van der Waals surface area contributed by atoms with Crippen molar-refractivity contribution in [1.29, 1.82) is 0 Å². The highest BCUT2D eigenvalue weighted by atomic mass is 16.7. The van der Waals surface area contributed by atoms with Crippen LogP contribution in [0.3, 0.4) is 0 Å². The molecule has 3 atom stereocenters. The molecule has 2 heteroatoms. The summed E-state index contributed by atoms with van der Waals surface area (Å²) < 4.78 is 11.5. The van der Waals surface area contributed by atoms with Crippen molar-refractivity contribution in [3.05, 3.63) is 12.2 Å². The van der Waals surface area contributed by atoms with Crippen LogP contribution in [0.25, 0.3) is 0 Å². The van der Waals surface area contributed by atoms with E-state index in [2.05, 4.69) is 19.1 Å². The molecule has 0 amide bonds. The van der Waals surface area contributed by atoms with E-state index in [1.165, 1.54) is 38.5 Å². The van der Waals surface area contributed by atoms with Gasteiger partial charge in [0.15, 0.2) is 6.29 Å². The van der Waals surface area contributed by atoms with E-state index in [1.54, 1.807) is 0 Å². The third-order valence-corrected chi connectivity index (χ3v) is 3.95. The van der Waals surface area contributed by atoms with Crippen LogP contribution in [0.1, 0.15) is 51.9 Å². The predicted molar refractivity (Wildman–Crippen MR) is 69.8 cm³/mol. The molecule has 1 saturated heterocycles. The van der Waals surface area contributed by atoms with Crippen LogP contribution < -0.4 is 0 Å². The molecule has 0 aromatic carbocycles. The molecule has 17 heavy (non-hydrogen) atoms. The first kappa shape index (κ1) is 13.1. The Morgan fingerprint density at radius 1 is 1.24 bits per heavy atom. The Morgan fingerprint density at radius 3 is 2.82 bits per heavy atom. The Hall–Kier alpha value is -0.340. The highest BCUT2D eigenvalue weighted by molar-refractivity contribution is 4.97. The number of hydrogen-bond donors (Lipinski definition) is 0. The molecule has 0 radical (unpaired) electrons. The molecule has 2 rings (SSSR count). The average Bonchev–Trinajstić information content (AvgIpc) is 2.35. The van der Waals surface area contributed by atoms with Gasteiger partial charge in [-0.25, -0.2) is 0 Å². The molecule has 2 aliphatic rings. The van der Waals surface area contributed by atoms with Crippen molar-refractivity contribution in [3.8, 4) is 0 Å². The normalized spacial score (nSPS) is 33.8.